The van der Waals surface area contributed by atoms with Crippen LogP contribution in [0, 0.1) is 5.92 Å². The predicted octanol–water partition coefficient (Wildman–Crippen LogP) is 0.0570. The molecule has 1 rings (SSSR count). The van der Waals surface area contributed by atoms with Crippen molar-refractivity contribution in [3.05, 3.63) is 0 Å². The summed E-state index contributed by atoms with van der Waals surface area (Å²) in [5.74, 6) is 0.481. The molecule has 6 heteroatoms. The lowest BCUT2D eigenvalue weighted by Crippen LogP contribution is -2.31. The Morgan fingerprint density at radius 1 is 1.50 bits per heavy atom. The molecular formula is C10H21NO4S. The largest absolute Gasteiger partial charge is 0.396 e. The molecule has 0 radical (unpaired) electrons. The Kier molecular flexibility index (Phi) is 5.68. The van der Waals surface area contributed by atoms with Gasteiger partial charge in [-0.3, -0.25) is 0 Å². The lowest BCUT2D eigenvalue weighted by Gasteiger charge is -2.16. The summed E-state index contributed by atoms with van der Waals surface area (Å²) in [7, 11) is -1.54. The molecule has 0 aromatic heterocycles. The van der Waals surface area contributed by atoms with E-state index in [4.69, 9.17) is 9.84 Å². The lowest BCUT2D eigenvalue weighted by molar-refractivity contribution is 0.199. The predicted molar refractivity (Wildman–Crippen MR) is 61.7 cm³/mol. The van der Waals surface area contributed by atoms with Gasteiger partial charge >= 0.3 is 0 Å². The lowest BCUT2D eigenvalue weighted by atomic mass is 10.1. The number of ether oxygens (including phenoxy) is 1. The number of rotatable bonds is 7. The molecule has 1 N–H and O–H groups in total. The van der Waals surface area contributed by atoms with Gasteiger partial charge in [0.05, 0.1) is 5.75 Å². The molecule has 1 atom stereocenters. The third kappa shape index (κ3) is 4.01. The summed E-state index contributed by atoms with van der Waals surface area (Å²) in [5, 5.41) is 8.80. The maximum Gasteiger partial charge on any atom is 0.214 e. The van der Waals surface area contributed by atoms with Crippen molar-refractivity contribution in [2.24, 2.45) is 5.92 Å². The minimum atomic E-state index is -3.11. The van der Waals surface area contributed by atoms with Gasteiger partial charge in [0.1, 0.15) is 0 Å². The Hall–Kier alpha value is -0.170. The number of aliphatic hydroxyl groups is 1. The van der Waals surface area contributed by atoms with Crippen LogP contribution in [-0.4, -0.2) is 57.0 Å². The molecule has 16 heavy (non-hydrogen) atoms. The fourth-order valence-corrected chi connectivity index (χ4v) is 3.55. The molecule has 1 fully saturated rings. The van der Waals surface area contributed by atoms with Crippen LogP contribution in [0.25, 0.3) is 0 Å². The van der Waals surface area contributed by atoms with Crippen molar-refractivity contribution in [3.63, 3.8) is 0 Å². The van der Waals surface area contributed by atoms with Gasteiger partial charge in [0.25, 0.3) is 0 Å². The minimum Gasteiger partial charge on any atom is -0.396 e. The van der Waals surface area contributed by atoms with Crippen molar-refractivity contribution in [1.82, 2.24) is 4.31 Å². The van der Waals surface area contributed by atoms with Crippen molar-refractivity contribution in [2.75, 3.05) is 39.2 Å². The van der Waals surface area contributed by atoms with Gasteiger partial charge in [0, 0.05) is 33.4 Å². The molecule has 1 heterocycles. The third-order valence-electron chi connectivity index (χ3n) is 2.93. The molecule has 0 saturated carbocycles. The molecule has 5 nitrogen and oxygen atoms in total. The smallest absolute Gasteiger partial charge is 0.214 e. The number of hydrogen-bond acceptors (Lipinski definition) is 4. The normalized spacial score (nSPS) is 22.8. The zero-order chi connectivity index (χ0) is 12.0. The Bertz CT molecular complexity index is 291. The van der Waals surface area contributed by atoms with Crippen molar-refractivity contribution in [2.45, 2.75) is 19.3 Å². The van der Waals surface area contributed by atoms with Crippen molar-refractivity contribution >= 4 is 10.0 Å². The second-order valence-electron chi connectivity index (χ2n) is 4.19. The van der Waals surface area contributed by atoms with Gasteiger partial charge in [-0.15, -0.1) is 0 Å². The summed E-state index contributed by atoms with van der Waals surface area (Å²) in [4.78, 5) is 0. The van der Waals surface area contributed by atoms with E-state index in [1.165, 1.54) is 0 Å². The summed E-state index contributed by atoms with van der Waals surface area (Å²) in [6.07, 6.45) is 2.11. The van der Waals surface area contributed by atoms with Crippen molar-refractivity contribution < 1.29 is 18.3 Å². The van der Waals surface area contributed by atoms with Gasteiger partial charge in [0.15, 0.2) is 0 Å². The highest BCUT2D eigenvalue weighted by atomic mass is 32.2. The molecule has 0 aliphatic carbocycles. The molecule has 0 bridgehead atoms. The van der Waals surface area contributed by atoms with Crippen molar-refractivity contribution in [1.29, 1.82) is 0 Å². The monoisotopic (exact) mass is 251 g/mol. The minimum absolute atomic E-state index is 0.141. The van der Waals surface area contributed by atoms with Gasteiger partial charge in [0.2, 0.25) is 10.0 Å². The van der Waals surface area contributed by atoms with Gasteiger partial charge in [-0.05, 0) is 25.2 Å². The topological polar surface area (TPSA) is 66.8 Å². The first-order chi connectivity index (χ1) is 7.60. The van der Waals surface area contributed by atoms with Crippen LogP contribution in [0.1, 0.15) is 19.3 Å². The second kappa shape index (κ2) is 6.54. The van der Waals surface area contributed by atoms with Crippen LogP contribution in [0.4, 0.5) is 0 Å². The molecule has 96 valence electrons. The molecule has 1 aliphatic rings. The van der Waals surface area contributed by atoms with Crippen LogP contribution < -0.4 is 0 Å². The maximum atomic E-state index is 11.9. The zero-order valence-corrected chi connectivity index (χ0v) is 10.6. The molecular weight excluding hydrogens is 230 g/mol. The van der Waals surface area contributed by atoms with Gasteiger partial charge in [-0.1, -0.05) is 0 Å². The average molecular weight is 251 g/mol. The molecule has 1 saturated heterocycles. The van der Waals surface area contributed by atoms with Crippen LogP contribution >= 0.6 is 0 Å². The fraction of sp³-hybridized carbons (Fsp3) is 1.00. The summed E-state index contributed by atoms with van der Waals surface area (Å²) in [5.41, 5.74) is 0. The quantitative estimate of drug-likeness (QED) is 0.650. The molecule has 0 amide bonds. The second-order valence-corrected chi connectivity index (χ2v) is 6.28. The van der Waals surface area contributed by atoms with Crippen LogP contribution in [0.3, 0.4) is 0 Å². The Morgan fingerprint density at radius 2 is 2.25 bits per heavy atom. The van der Waals surface area contributed by atoms with E-state index in [-0.39, 0.29) is 12.4 Å². The van der Waals surface area contributed by atoms with E-state index in [0.717, 1.165) is 6.42 Å². The molecule has 0 aromatic carbocycles. The van der Waals surface area contributed by atoms with Crippen LogP contribution in [-0.2, 0) is 14.8 Å². The maximum absolute atomic E-state index is 11.9. The number of methoxy groups -OCH3 is 1. The Labute approximate surface area is 97.4 Å². The number of nitrogens with zero attached hydrogens (tertiary/aromatic N) is 1. The first kappa shape index (κ1) is 13.9. The van der Waals surface area contributed by atoms with E-state index in [1.807, 2.05) is 0 Å². The van der Waals surface area contributed by atoms with Crippen LogP contribution in [0.5, 0.6) is 0 Å². The van der Waals surface area contributed by atoms with Crippen LogP contribution in [0.2, 0.25) is 0 Å². The standard InChI is InChI=1S/C10H21NO4S/c1-15-7-2-8-16(13,14)11-5-3-10(9-11)4-6-12/h10,12H,2-9H2,1H3. The molecule has 1 unspecified atom stereocenters. The van der Waals surface area contributed by atoms with E-state index < -0.39 is 10.0 Å². The highest BCUT2D eigenvalue weighted by Crippen LogP contribution is 2.22. The highest BCUT2D eigenvalue weighted by Gasteiger charge is 2.30. The van der Waals surface area contributed by atoms with E-state index in [9.17, 15) is 8.42 Å². The number of sulfonamides is 1. The summed E-state index contributed by atoms with van der Waals surface area (Å²) in [6, 6.07) is 0. The van der Waals surface area contributed by atoms with E-state index >= 15 is 0 Å². The number of hydrogen-bond donors (Lipinski definition) is 1. The molecule has 1 aliphatic heterocycles. The van der Waals surface area contributed by atoms with Gasteiger partial charge in [-0.2, -0.15) is 0 Å². The fourth-order valence-electron chi connectivity index (χ4n) is 1.98. The number of aliphatic hydroxyl groups excluding tert-OH is 1. The summed E-state index contributed by atoms with van der Waals surface area (Å²) >= 11 is 0. The van der Waals surface area contributed by atoms with Crippen molar-refractivity contribution in [3.8, 4) is 0 Å². The SMILES string of the molecule is COCCCS(=O)(=O)N1CCC(CCO)C1. The van der Waals surface area contributed by atoms with E-state index in [0.29, 0.717) is 38.5 Å². The Balaban J connectivity index is 2.39. The van der Waals surface area contributed by atoms with E-state index in [1.54, 1.807) is 11.4 Å². The van der Waals surface area contributed by atoms with Gasteiger partial charge in [-0.25, -0.2) is 12.7 Å². The third-order valence-corrected chi connectivity index (χ3v) is 4.85. The van der Waals surface area contributed by atoms with Crippen LogP contribution in [0.15, 0.2) is 0 Å². The first-order valence-corrected chi connectivity index (χ1v) is 7.28. The first-order valence-electron chi connectivity index (χ1n) is 5.67. The highest BCUT2D eigenvalue weighted by molar-refractivity contribution is 7.89. The summed E-state index contributed by atoms with van der Waals surface area (Å²) < 4.78 is 30.1. The van der Waals surface area contributed by atoms with E-state index in [2.05, 4.69) is 0 Å². The zero-order valence-electron chi connectivity index (χ0n) is 9.76. The molecule has 0 aromatic rings. The average Bonchev–Trinajstić information content (AvgIpc) is 2.68. The summed E-state index contributed by atoms with van der Waals surface area (Å²) in [6.45, 7) is 1.78. The Morgan fingerprint density at radius 3 is 2.88 bits per heavy atom. The van der Waals surface area contributed by atoms with Gasteiger partial charge < -0.3 is 9.84 Å². The molecule has 0 spiro atoms.